The standard InChI is InChI=1S/C17H19N3O/c1-3-6-16(13-9-11-14(21-2)12-10-13)20-17-8-5-4-7-15(17)18-19-20/h4-5,7-12,16H,3,6H2,1-2H3. The van der Waals surface area contributed by atoms with E-state index in [0.717, 1.165) is 29.6 Å². The van der Waals surface area contributed by atoms with E-state index in [1.165, 1.54) is 5.56 Å². The van der Waals surface area contributed by atoms with Gasteiger partial charge in [-0.1, -0.05) is 42.8 Å². The highest BCUT2D eigenvalue weighted by molar-refractivity contribution is 5.74. The van der Waals surface area contributed by atoms with E-state index in [-0.39, 0.29) is 6.04 Å². The molecule has 0 spiro atoms. The molecule has 21 heavy (non-hydrogen) atoms. The summed E-state index contributed by atoms with van der Waals surface area (Å²) < 4.78 is 7.26. The van der Waals surface area contributed by atoms with Crippen LogP contribution in [0, 0.1) is 0 Å². The van der Waals surface area contributed by atoms with E-state index in [2.05, 4.69) is 35.4 Å². The Morgan fingerprint density at radius 1 is 1.10 bits per heavy atom. The first kappa shape index (κ1) is 13.6. The minimum atomic E-state index is 0.202. The Kier molecular flexibility index (Phi) is 3.86. The van der Waals surface area contributed by atoms with Crippen molar-refractivity contribution in [2.24, 2.45) is 0 Å². The lowest BCUT2D eigenvalue weighted by molar-refractivity contribution is 0.414. The maximum Gasteiger partial charge on any atom is 0.118 e. The Hall–Kier alpha value is -2.36. The predicted octanol–water partition coefficient (Wildman–Crippen LogP) is 3.83. The van der Waals surface area contributed by atoms with Gasteiger partial charge in [0.1, 0.15) is 11.3 Å². The molecule has 3 aromatic rings. The van der Waals surface area contributed by atoms with Crippen molar-refractivity contribution in [2.45, 2.75) is 25.8 Å². The summed E-state index contributed by atoms with van der Waals surface area (Å²) in [6.07, 6.45) is 2.12. The minimum Gasteiger partial charge on any atom is -0.497 e. The van der Waals surface area contributed by atoms with Crippen molar-refractivity contribution in [3.05, 3.63) is 54.1 Å². The molecule has 1 aromatic heterocycles. The molecule has 3 rings (SSSR count). The normalized spacial score (nSPS) is 12.5. The van der Waals surface area contributed by atoms with Crippen LogP contribution in [0.15, 0.2) is 48.5 Å². The van der Waals surface area contributed by atoms with Crippen LogP contribution in [0.5, 0.6) is 5.75 Å². The molecule has 108 valence electrons. The molecule has 0 saturated heterocycles. The van der Waals surface area contributed by atoms with Gasteiger partial charge in [-0.2, -0.15) is 0 Å². The van der Waals surface area contributed by atoms with Crippen LogP contribution >= 0.6 is 0 Å². The van der Waals surface area contributed by atoms with Crippen molar-refractivity contribution in [3.8, 4) is 5.75 Å². The predicted molar refractivity (Wildman–Crippen MR) is 83.6 cm³/mol. The lowest BCUT2D eigenvalue weighted by Crippen LogP contribution is -2.12. The van der Waals surface area contributed by atoms with Gasteiger partial charge in [0.25, 0.3) is 0 Å². The molecule has 1 heterocycles. The number of aromatic nitrogens is 3. The van der Waals surface area contributed by atoms with E-state index in [1.54, 1.807) is 7.11 Å². The molecule has 0 aliphatic heterocycles. The van der Waals surface area contributed by atoms with Gasteiger partial charge in [0.05, 0.1) is 18.7 Å². The van der Waals surface area contributed by atoms with Crippen LogP contribution in [-0.2, 0) is 0 Å². The maximum atomic E-state index is 5.24. The first-order chi connectivity index (χ1) is 10.3. The lowest BCUT2D eigenvalue weighted by atomic mass is 10.0. The van der Waals surface area contributed by atoms with Gasteiger partial charge >= 0.3 is 0 Å². The molecule has 0 fully saturated rings. The average Bonchev–Trinajstić information content (AvgIpc) is 2.97. The summed E-state index contributed by atoms with van der Waals surface area (Å²) in [7, 11) is 1.68. The molecule has 0 amide bonds. The highest BCUT2D eigenvalue weighted by Gasteiger charge is 2.17. The van der Waals surface area contributed by atoms with Gasteiger partial charge in [0, 0.05) is 0 Å². The number of nitrogens with zero attached hydrogens (tertiary/aromatic N) is 3. The summed E-state index contributed by atoms with van der Waals surface area (Å²) in [5, 5.41) is 8.64. The van der Waals surface area contributed by atoms with E-state index in [4.69, 9.17) is 4.74 Å². The van der Waals surface area contributed by atoms with Crippen molar-refractivity contribution in [1.29, 1.82) is 0 Å². The molecule has 4 heteroatoms. The molecule has 2 aromatic carbocycles. The van der Waals surface area contributed by atoms with Gasteiger partial charge in [-0.15, -0.1) is 5.10 Å². The molecule has 1 unspecified atom stereocenters. The number of hydrogen-bond acceptors (Lipinski definition) is 3. The summed E-state index contributed by atoms with van der Waals surface area (Å²) >= 11 is 0. The number of hydrogen-bond donors (Lipinski definition) is 0. The largest absolute Gasteiger partial charge is 0.497 e. The fourth-order valence-electron chi connectivity index (χ4n) is 2.65. The van der Waals surface area contributed by atoms with Crippen molar-refractivity contribution in [3.63, 3.8) is 0 Å². The fourth-order valence-corrected chi connectivity index (χ4v) is 2.65. The number of ether oxygens (including phenoxy) is 1. The summed E-state index contributed by atoms with van der Waals surface area (Å²) in [5.41, 5.74) is 3.24. The summed E-state index contributed by atoms with van der Waals surface area (Å²) in [4.78, 5) is 0. The summed E-state index contributed by atoms with van der Waals surface area (Å²) in [6.45, 7) is 2.19. The highest BCUT2D eigenvalue weighted by Crippen LogP contribution is 2.27. The monoisotopic (exact) mass is 281 g/mol. The second-order valence-corrected chi connectivity index (χ2v) is 5.10. The number of para-hydroxylation sites is 1. The average molecular weight is 281 g/mol. The first-order valence-electron chi connectivity index (χ1n) is 7.27. The molecule has 4 nitrogen and oxygen atoms in total. The van der Waals surface area contributed by atoms with Crippen molar-refractivity contribution in [1.82, 2.24) is 15.0 Å². The maximum absolute atomic E-state index is 5.24. The Bertz CT molecular complexity index is 718. The van der Waals surface area contributed by atoms with E-state index < -0.39 is 0 Å². The molecule has 0 radical (unpaired) electrons. The van der Waals surface area contributed by atoms with Gasteiger partial charge < -0.3 is 4.74 Å². The molecule has 0 saturated carbocycles. The second-order valence-electron chi connectivity index (χ2n) is 5.10. The molecular formula is C17H19N3O. The van der Waals surface area contributed by atoms with Crippen LogP contribution in [0.4, 0.5) is 0 Å². The third-order valence-corrected chi connectivity index (χ3v) is 3.74. The van der Waals surface area contributed by atoms with Crippen LogP contribution in [0.2, 0.25) is 0 Å². The Morgan fingerprint density at radius 3 is 2.57 bits per heavy atom. The Morgan fingerprint density at radius 2 is 1.86 bits per heavy atom. The van der Waals surface area contributed by atoms with Gasteiger partial charge in [0.2, 0.25) is 0 Å². The smallest absolute Gasteiger partial charge is 0.118 e. The molecule has 0 aliphatic rings. The van der Waals surface area contributed by atoms with Crippen LogP contribution in [0.25, 0.3) is 11.0 Å². The SMILES string of the molecule is CCCC(c1ccc(OC)cc1)n1nnc2ccccc21. The minimum absolute atomic E-state index is 0.202. The topological polar surface area (TPSA) is 39.9 Å². The van der Waals surface area contributed by atoms with Crippen molar-refractivity contribution in [2.75, 3.05) is 7.11 Å². The number of benzene rings is 2. The van der Waals surface area contributed by atoms with Gasteiger partial charge in [0.15, 0.2) is 0 Å². The number of methoxy groups -OCH3 is 1. The first-order valence-corrected chi connectivity index (χ1v) is 7.27. The van der Waals surface area contributed by atoms with Gasteiger partial charge in [-0.3, -0.25) is 0 Å². The van der Waals surface area contributed by atoms with Gasteiger partial charge in [-0.05, 0) is 36.2 Å². The molecule has 0 bridgehead atoms. The number of rotatable bonds is 5. The second kappa shape index (κ2) is 5.95. The number of fused-ring (bicyclic) bond motifs is 1. The third-order valence-electron chi connectivity index (χ3n) is 3.74. The Labute approximate surface area is 124 Å². The molecule has 1 atom stereocenters. The summed E-state index contributed by atoms with van der Waals surface area (Å²) in [5.74, 6) is 0.873. The van der Waals surface area contributed by atoms with Crippen LogP contribution in [-0.4, -0.2) is 22.1 Å². The summed E-state index contributed by atoms with van der Waals surface area (Å²) in [6, 6.07) is 16.5. The zero-order chi connectivity index (χ0) is 14.7. The Balaban J connectivity index is 2.04. The van der Waals surface area contributed by atoms with Crippen molar-refractivity contribution < 1.29 is 4.74 Å². The van der Waals surface area contributed by atoms with Crippen molar-refractivity contribution >= 4 is 11.0 Å². The lowest BCUT2D eigenvalue weighted by Gasteiger charge is -2.18. The molecular weight excluding hydrogens is 262 g/mol. The molecule has 0 aliphatic carbocycles. The third kappa shape index (κ3) is 2.61. The molecule has 0 N–H and O–H groups in total. The fraction of sp³-hybridized carbons (Fsp3) is 0.294. The zero-order valence-electron chi connectivity index (χ0n) is 12.4. The highest BCUT2D eigenvalue weighted by atomic mass is 16.5. The van der Waals surface area contributed by atoms with Crippen LogP contribution in [0.3, 0.4) is 0 Å². The van der Waals surface area contributed by atoms with Gasteiger partial charge in [-0.25, -0.2) is 4.68 Å². The van der Waals surface area contributed by atoms with Crippen LogP contribution in [0.1, 0.15) is 31.4 Å². The van der Waals surface area contributed by atoms with E-state index in [1.807, 2.05) is 35.0 Å². The quantitative estimate of drug-likeness (QED) is 0.713. The van der Waals surface area contributed by atoms with E-state index in [0.29, 0.717) is 0 Å². The zero-order valence-corrected chi connectivity index (χ0v) is 12.4. The van der Waals surface area contributed by atoms with E-state index >= 15 is 0 Å². The van der Waals surface area contributed by atoms with E-state index in [9.17, 15) is 0 Å². The van der Waals surface area contributed by atoms with Crippen LogP contribution < -0.4 is 4.74 Å².